The number of benzene rings is 2. The zero-order chi connectivity index (χ0) is 14.7. The number of fused-ring (bicyclic) bond motifs is 1. The summed E-state index contributed by atoms with van der Waals surface area (Å²) >= 11 is 5.96. The molecule has 0 aliphatic rings. The summed E-state index contributed by atoms with van der Waals surface area (Å²) in [6.45, 7) is 0.350. The summed E-state index contributed by atoms with van der Waals surface area (Å²) in [6.07, 6.45) is 1.54. The number of rotatable bonds is 3. The zero-order valence-corrected chi connectivity index (χ0v) is 11.8. The maximum Gasteiger partial charge on any atom is 0.148 e. The van der Waals surface area contributed by atoms with E-state index in [0.29, 0.717) is 22.9 Å². The topological polar surface area (TPSA) is 45.9 Å². The van der Waals surface area contributed by atoms with Gasteiger partial charge in [0, 0.05) is 16.6 Å². The molecule has 3 rings (SSSR count). The monoisotopic (exact) mass is 294 g/mol. The van der Waals surface area contributed by atoms with Crippen LogP contribution in [0.1, 0.15) is 11.1 Å². The summed E-state index contributed by atoms with van der Waals surface area (Å²) in [5.41, 5.74) is 2.18. The molecule has 0 saturated carbocycles. The highest BCUT2D eigenvalue weighted by atomic mass is 35.5. The molecule has 0 saturated heterocycles. The standard InChI is InChI=1S/C17H11ClN2O/c18-14-5-3-4-12(8-14)11-21-17-13(9-19)10-20-16-7-2-1-6-15(16)17/h1-8,10H,11H2. The molecule has 0 amide bonds. The average molecular weight is 295 g/mol. The van der Waals surface area contributed by atoms with Crippen LogP contribution in [0.15, 0.2) is 54.7 Å². The largest absolute Gasteiger partial charge is 0.487 e. The molecule has 0 N–H and O–H groups in total. The van der Waals surface area contributed by atoms with E-state index in [-0.39, 0.29) is 0 Å². The minimum absolute atomic E-state index is 0.350. The van der Waals surface area contributed by atoms with Crippen molar-refractivity contribution in [1.82, 2.24) is 4.98 Å². The van der Waals surface area contributed by atoms with Crippen LogP contribution < -0.4 is 4.74 Å². The molecule has 4 heteroatoms. The lowest BCUT2D eigenvalue weighted by atomic mass is 10.1. The van der Waals surface area contributed by atoms with E-state index in [1.54, 1.807) is 0 Å². The first-order valence-corrected chi connectivity index (χ1v) is 6.81. The summed E-state index contributed by atoms with van der Waals surface area (Å²) in [6, 6.07) is 17.2. The first-order valence-electron chi connectivity index (χ1n) is 6.43. The first kappa shape index (κ1) is 13.4. The number of pyridine rings is 1. The highest BCUT2D eigenvalue weighted by Crippen LogP contribution is 2.28. The van der Waals surface area contributed by atoms with Gasteiger partial charge in [-0.25, -0.2) is 0 Å². The highest BCUT2D eigenvalue weighted by Gasteiger charge is 2.10. The van der Waals surface area contributed by atoms with Gasteiger partial charge in [-0.2, -0.15) is 5.26 Å². The van der Waals surface area contributed by atoms with Crippen LogP contribution >= 0.6 is 11.6 Å². The van der Waals surface area contributed by atoms with Crippen molar-refractivity contribution in [3.8, 4) is 11.8 Å². The maximum absolute atomic E-state index is 9.23. The number of halogens is 1. The minimum Gasteiger partial charge on any atom is -0.487 e. The van der Waals surface area contributed by atoms with Crippen molar-refractivity contribution in [3.05, 3.63) is 70.9 Å². The van der Waals surface area contributed by atoms with Gasteiger partial charge in [-0.15, -0.1) is 0 Å². The van der Waals surface area contributed by atoms with Crippen LogP contribution in [0.3, 0.4) is 0 Å². The van der Waals surface area contributed by atoms with E-state index < -0.39 is 0 Å². The van der Waals surface area contributed by atoms with Crippen LogP contribution in [-0.2, 0) is 6.61 Å². The van der Waals surface area contributed by atoms with Gasteiger partial charge in [0.1, 0.15) is 24.0 Å². The third-order valence-electron chi connectivity index (χ3n) is 3.12. The molecule has 102 valence electrons. The number of para-hydroxylation sites is 1. The van der Waals surface area contributed by atoms with Crippen LogP contribution in [0.5, 0.6) is 5.75 Å². The molecule has 3 nitrogen and oxygen atoms in total. The highest BCUT2D eigenvalue weighted by molar-refractivity contribution is 6.30. The lowest BCUT2D eigenvalue weighted by Crippen LogP contribution is -1.99. The Labute approximate surface area is 127 Å². The fourth-order valence-corrected chi connectivity index (χ4v) is 2.35. The van der Waals surface area contributed by atoms with Crippen LogP contribution in [0.25, 0.3) is 10.9 Å². The van der Waals surface area contributed by atoms with Gasteiger partial charge >= 0.3 is 0 Å². The Morgan fingerprint density at radius 1 is 1.14 bits per heavy atom. The number of hydrogen-bond acceptors (Lipinski definition) is 3. The lowest BCUT2D eigenvalue weighted by molar-refractivity contribution is 0.309. The third-order valence-corrected chi connectivity index (χ3v) is 3.35. The second-order valence-corrected chi connectivity index (χ2v) is 4.98. The van der Waals surface area contributed by atoms with Crippen molar-refractivity contribution in [2.24, 2.45) is 0 Å². The predicted molar refractivity (Wildman–Crippen MR) is 82.2 cm³/mol. The number of nitriles is 1. The summed E-state index contributed by atoms with van der Waals surface area (Å²) in [5, 5.41) is 10.7. The fourth-order valence-electron chi connectivity index (χ4n) is 2.13. The summed E-state index contributed by atoms with van der Waals surface area (Å²) in [7, 11) is 0. The average Bonchev–Trinajstić information content (AvgIpc) is 2.52. The van der Waals surface area contributed by atoms with Gasteiger partial charge in [0.2, 0.25) is 0 Å². The second-order valence-electron chi connectivity index (χ2n) is 4.55. The van der Waals surface area contributed by atoms with E-state index in [9.17, 15) is 5.26 Å². The van der Waals surface area contributed by atoms with Crippen molar-refractivity contribution in [2.45, 2.75) is 6.61 Å². The molecular weight excluding hydrogens is 284 g/mol. The Morgan fingerprint density at radius 3 is 2.81 bits per heavy atom. The quantitative estimate of drug-likeness (QED) is 0.722. The zero-order valence-electron chi connectivity index (χ0n) is 11.1. The number of hydrogen-bond donors (Lipinski definition) is 0. The Morgan fingerprint density at radius 2 is 2.00 bits per heavy atom. The molecule has 0 unspecified atom stereocenters. The Hall–Kier alpha value is -2.57. The van der Waals surface area contributed by atoms with Crippen molar-refractivity contribution >= 4 is 22.5 Å². The van der Waals surface area contributed by atoms with E-state index in [2.05, 4.69) is 11.1 Å². The van der Waals surface area contributed by atoms with Crippen molar-refractivity contribution in [2.75, 3.05) is 0 Å². The van der Waals surface area contributed by atoms with Gasteiger partial charge in [0.25, 0.3) is 0 Å². The second kappa shape index (κ2) is 5.82. The van der Waals surface area contributed by atoms with E-state index in [1.165, 1.54) is 6.20 Å². The molecule has 2 aromatic carbocycles. The van der Waals surface area contributed by atoms with E-state index >= 15 is 0 Å². The van der Waals surface area contributed by atoms with Crippen LogP contribution in [0.2, 0.25) is 5.02 Å². The summed E-state index contributed by atoms with van der Waals surface area (Å²) < 4.78 is 5.86. The fraction of sp³-hybridized carbons (Fsp3) is 0.0588. The Bertz CT molecular complexity index is 840. The van der Waals surface area contributed by atoms with Crippen molar-refractivity contribution in [3.63, 3.8) is 0 Å². The molecule has 0 fully saturated rings. The molecule has 21 heavy (non-hydrogen) atoms. The van der Waals surface area contributed by atoms with Gasteiger partial charge in [-0.05, 0) is 29.8 Å². The van der Waals surface area contributed by atoms with E-state index in [4.69, 9.17) is 16.3 Å². The number of ether oxygens (including phenoxy) is 1. The van der Waals surface area contributed by atoms with Gasteiger partial charge in [-0.3, -0.25) is 4.98 Å². The van der Waals surface area contributed by atoms with E-state index in [1.807, 2.05) is 48.5 Å². The molecule has 1 aromatic heterocycles. The van der Waals surface area contributed by atoms with Crippen LogP contribution in [0, 0.1) is 11.3 Å². The van der Waals surface area contributed by atoms with Crippen molar-refractivity contribution in [1.29, 1.82) is 5.26 Å². The maximum atomic E-state index is 9.23. The molecule has 1 heterocycles. The molecule has 0 atom stereocenters. The minimum atomic E-state index is 0.350. The Balaban J connectivity index is 1.98. The number of nitrogens with zero attached hydrogens (tertiary/aromatic N) is 2. The van der Waals surface area contributed by atoms with Gasteiger partial charge in [0.15, 0.2) is 0 Å². The molecule has 0 aliphatic heterocycles. The SMILES string of the molecule is N#Cc1cnc2ccccc2c1OCc1cccc(Cl)c1. The number of aromatic nitrogens is 1. The van der Waals surface area contributed by atoms with Crippen LogP contribution in [0.4, 0.5) is 0 Å². The molecule has 3 aromatic rings. The third kappa shape index (κ3) is 2.81. The Kier molecular flexibility index (Phi) is 3.72. The van der Waals surface area contributed by atoms with E-state index in [0.717, 1.165) is 16.5 Å². The molecule has 0 bridgehead atoms. The first-order chi connectivity index (χ1) is 10.3. The van der Waals surface area contributed by atoms with Gasteiger partial charge in [-0.1, -0.05) is 35.9 Å². The molecule has 0 radical (unpaired) electrons. The molecule has 0 spiro atoms. The predicted octanol–water partition coefficient (Wildman–Crippen LogP) is 4.34. The smallest absolute Gasteiger partial charge is 0.148 e. The molecular formula is C17H11ClN2O. The van der Waals surface area contributed by atoms with Gasteiger partial charge in [0.05, 0.1) is 5.52 Å². The van der Waals surface area contributed by atoms with Crippen LogP contribution in [-0.4, -0.2) is 4.98 Å². The summed E-state index contributed by atoms with van der Waals surface area (Å²) in [4.78, 5) is 4.26. The van der Waals surface area contributed by atoms with Gasteiger partial charge < -0.3 is 4.74 Å². The summed E-state index contributed by atoms with van der Waals surface area (Å²) in [5.74, 6) is 0.558. The lowest BCUT2D eigenvalue weighted by Gasteiger charge is -2.11. The molecule has 0 aliphatic carbocycles. The normalized spacial score (nSPS) is 10.3. The van der Waals surface area contributed by atoms with Crippen molar-refractivity contribution < 1.29 is 4.74 Å².